The van der Waals surface area contributed by atoms with Crippen LogP contribution >= 0.6 is 0 Å². The quantitative estimate of drug-likeness (QED) is 0.677. The van der Waals surface area contributed by atoms with Crippen molar-refractivity contribution in [3.05, 3.63) is 59.7 Å². The third kappa shape index (κ3) is 3.57. The van der Waals surface area contributed by atoms with Gasteiger partial charge in [-0.15, -0.1) is 0 Å². The van der Waals surface area contributed by atoms with Crippen molar-refractivity contribution in [3.63, 3.8) is 0 Å². The lowest BCUT2D eigenvalue weighted by Gasteiger charge is -2.06. The molecule has 0 radical (unpaired) electrons. The van der Waals surface area contributed by atoms with E-state index in [-0.39, 0.29) is 18.1 Å². The molecule has 0 bridgehead atoms. The highest BCUT2D eigenvalue weighted by Crippen LogP contribution is 2.27. The molecule has 0 aliphatic heterocycles. The van der Waals surface area contributed by atoms with Gasteiger partial charge in [-0.3, -0.25) is 0 Å². The molecule has 3 aromatic rings. The molecule has 0 aliphatic carbocycles. The number of anilines is 1. The van der Waals surface area contributed by atoms with Gasteiger partial charge in [0.1, 0.15) is 5.75 Å². The van der Waals surface area contributed by atoms with Crippen molar-refractivity contribution in [3.8, 4) is 17.1 Å². The summed E-state index contributed by atoms with van der Waals surface area (Å²) in [5.74, 6) is -3.02. The topological polar surface area (TPSA) is 60.2 Å². The van der Waals surface area contributed by atoms with Gasteiger partial charge in [-0.05, 0) is 31.2 Å². The lowest BCUT2D eigenvalue weighted by atomic mass is 10.2. The Hall–Kier alpha value is -3.03. The number of halogens is 3. The van der Waals surface area contributed by atoms with E-state index in [0.717, 1.165) is 12.1 Å². The summed E-state index contributed by atoms with van der Waals surface area (Å²) < 4.78 is 50.3. The summed E-state index contributed by atoms with van der Waals surface area (Å²) in [5.41, 5.74) is 0.451. The van der Waals surface area contributed by atoms with E-state index in [1.807, 2.05) is 19.1 Å². The number of benzene rings is 2. The molecule has 0 amide bonds. The molecule has 3 rings (SSSR count). The molecular formula is C17H14F3N3O2. The van der Waals surface area contributed by atoms with Gasteiger partial charge >= 0.3 is 0 Å². The van der Waals surface area contributed by atoms with Gasteiger partial charge in [0.05, 0.1) is 24.4 Å². The zero-order valence-electron chi connectivity index (χ0n) is 13.2. The number of hydrogen-bond donors (Lipinski definition) is 1. The van der Waals surface area contributed by atoms with Crippen molar-refractivity contribution in [2.24, 2.45) is 0 Å². The number of para-hydroxylation sites is 1. The molecule has 2 aromatic carbocycles. The van der Waals surface area contributed by atoms with E-state index >= 15 is 0 Å². The summed E-state index contributed by atoms with van der Waals surface area (Å²) in [5, 5.41) is 6.45. The van der Waals surface area contributed by atoms with Crippen LogP contribution in [-0.4, -0.2) is 16.7 Å². The molecule has 1 heterocycles. The Morgan fingerprint density at radius 1 is 1.08 bits per heavy atom. The molecule has 0 fully saturated rings. The van der Waals surface area contributed by atoms with Crippen LogP contribution in [0.1, 0.15) is 12.8 Å². The average Bonchev–Trinajstić information content (AvgIpc) is 3.09. The van der Waals surface area contributed by atoms with Crippen molar-refractivity contribution in [2.45, 2.75) is 13.5 Å². The fraction of sp³-hybridized carbons (Fsp3) is 0.176. The van der Waals surface area contributed by atoms with Crippen LogP contribution in [0.3, 0.4) is 0 Å². The SMILES string of the molecule is CCOc1ccccc1-c1noc(CNc2ccc(F)c(F)c2F)n1. The van der Waals surface area contributed by atoms with E-state index in [2.05, 4.69) is 15.5 Å². The summed E-state index contributed by atoms with van der Waals surface area (Å²) in [6.07, 6.45) is 0. The number of ether oxygens (including phenoxy) is 1. The molecule has 0 unspecified atom stereocenters. The summed E-state index contributed by atoms with van der Waals surface area (Å²) in [7, 11) is 0. The normalized spacial score (nSPS) is 10.7. The maximum Gasteiger partial charge on any atom is 0.246 e. The minimum atomic E-state index is -1.54. The fourth-order valence-electron chi connectivity index (χ4n) is 2.20. The second-order valence-electron chi connectivity index (χ2n) is 5.02. The second-order valence-corrected chi connectivity index (χ2v) is 5.02. The van der Waals surface area contributed by atoms with Crippen LogP contribution in [0.4, 0.5) is 18.9 Å². The monoisotopic (exact) mass is 349 g/mol. The van der Waals surface area contributed by atoms with Gasteiger partial charge in [-0.25, -0.2) is 13.2 Å². The third-order valence-corrected chi connectivity index (χ3v) is 3.36. The third-order valence-electron chi connectivity index (χ3n) is 3.36. The highest BCUT2D eigenvalue weighted by molar-refractivity contribution is 5.63. The van der Waals surface area contributed by atoms with Crippen LogP contribution in [0.25, 0.3) is 11.4 Å². The molecule has 130 valence electrons. The Kier molecular flexibility index (Phi) is 4.87. The van der Waals surface area contributed by atoms with Crippen LogP contribution < -0.4 is 10.1 Å². The molecule has 0 saturated heterocycles. The van der Waals surface area contributed by atoms with Crippen molar-refractivity contribution in [1.82, 2.24) is 10.1 Å². The van der Waals surface area contributed by atoms with Gasteiger partial charge in [0.15, 0.2) is 17.5 Å². The molecule has 1 N–H and O–H groups in total. The van der Waals surface area contributed by atoms with Gasteiger partial charge in [-0.1, -0.05) is 17.3 Å². The number of hydrogen-bond acceptors (Lipinski definition) is 5. The highest BCUT2D eigenvalue weighted by Gasteiger charge is 2.16. The van der Waals surface area contributed by atoms with E-state index in [4.69, 9.17) is 9.26 Å². The van der Waals surface area contributed by atoms with Crippen LogP contribution in [0.2, 0.25) is 0 Å². The summed E-state index contributed by atoms with van der Waals surface area (Å²) >= 11 is 0. The van der Waals surface area contributed by atoms with Crippen LogP contribution in [-0.2, 0) is 6.54 Å². The van der Waals surface area contributed by atoms with Crippen LogP contribution in [0.5, 0.6) is 5.75 Å². The maximum atomic E-state index is 13.6. The van der Waals surface area contributed by atoms with Gasteiger partial charge in [0.2, 0.25) is 11.7 Å². The predicted molar refractivity (Wildman–Crippen MR) is 84.5 cm³/mol. The first kappa shape index (κ1) is 16.8. The zero-order valence-corrected chi connectivity index (χ0v) is 13.2. The van der Waals surface area contributed by atoms with E-state index in [1.54, 1.807) is 12.1 Å². The van der Waals surface area contributed by atoms with E-state index in [0.29, 0.717) is 23.7 Å². The van der Waals surface area contributed by atoms with Gasteiger partial charge in [0, 0.05) is 0 Å². The molecular weight excluding hydrogens is 335 g/mol. The van der Waals surface area contributed by atoms with E-state index < -0.39 is 17.5 Å². The Morgan fingerprint density at radius 2 is 1.88 bits per heavy atom. The molecule has 25 heavy (non-hydrogen) atoms. The molecule has 0 saturated carbocycles. The summed E-state index contributed by atoms with van der Waals surface area (Å²) in [6.45, 7) is 2.29. The van der Waals surface area contributed by atoms with Crippen LogP contribution in [0.15, 0.2) is 40.9 Å². The molecule has 8 heteroatoms. The lowest BCUT2D eigenvalue weighted by molar-refractivity contribution is 0.341. The van der Waals surface area contributed by atoms with Gasteiger partial charge in [-0.2, -0.15) is 4.98 Å². The standard InChI is InChI=1S/C17H14F3N3O2/c1-2-24-13-6-4-3-5-10(13)17-22-14(25-23-17)9-21-12-8-7-11(18)15(19)16(12)20/h3-8,21H,2,9H2,1H3. The average molecular weight is 349 g/mol. The van der Waals surface area contributed by atoms with Crippen molar-refractivity contribution < 1.29 is 22.4 Å². The Bertz CT molecular complexity index is 883. The minimum absolute atomic E-state index is 0.0498. The van der Waals surface area contributed by atoms with Crippen LogP contribution in [0, 0.1) is 17.5 Å². The second kappa shape index (κ2) is 7.25. The highest BCUT2D eigenvalue weighted by atomic mass is 19.2. The number of nitrogens with zero attached hydrogens (tertiary/aromatic N) is 2. The van der Waals surface area contributed by atoms with E-state index in [1.165, 1.54) is 0 Å². The van der Waals surface area contributed by atoms with E-state index in [9.17, 15) is 13.2 Å². The Labute approximate surface area is 141 Å². The fourth-order valence-corrected chi connectivity index (χ4v) is 2.20. The largest absolute Gasteiger partial charge is 0.493 e. The lowest BCUT2D eigenvalue weighted by Crippen LogP contribution is -2.04. The molecule has 0 atom stereocenters. The number of rotatable bonds is 6. The molecule has 1 aromatic heterocycles. The Morgan fingerprint density at radius 3 is 2.68 bits per heavy atom. The first-order chi connectivity index (χ1) is 12.1. The minimum Gasteiger partial charge on any atom is -0.493 e. The van der Waals surface area contributed by atoms with Crippen molar-refractivity contribution >= 4 is 5.69 Å². The smallest absolute Gasteiger partial charge is 0.246 e. The Balaban J connectivity index is 1.76. The number of aromatic nitrogens is 2. The first-order valence-corrected chi connectivity index (χ1v) is 7.52. The van der Waals surface area contributed by atoms with Gasteiger partial charge < -0.3 is 14.6 Å². The summed E-state index contributed by atoms with van der Waals surface area (Å²) in [4.78, 5) is 4.20. The van der Waals surface area contributed by atoms with Crippen molar-refractivity contribution in [2.75, 3.05) is 11.9 Å². The van der Waals surface area contributed by atoms with Crippen molar-refractivity contribution in [1.29, 1.82) is 0 Å². The predicted octanol–water partition coefficient (Wildman–Crippen LogP) is 4.16. The summed E-state index contributed by atoms with van der Waals surface area (Å²) in [6, 6.07) is 9.12. The number of nitrogens with one attached hydrogen (secondary N) is 1. The molecule has 0 aliphatic rings. The zero-order chi connectivity index (χ0) is 17.8. The van der Waals surface area contributed by atoms with Gasteiger partial charge in [0.25, 0.3) is 0 Å². The molecule has 0 spiro atoms. The first-order valence-electron chi connectivity index (χ1n) is 7.52. The maximum absolute atomic E-state index is 13.6. The molecule has 5 nitrogen and oxygen atoms in total.